The molecule has 0 radical (unpaired) electrons. The molecule has 0 spiro atoms. The first kappa shape index (κ1) is 9.92. The highest BCUT2D eigenvalue weighted by molar-refractivity contribution is 5.94. The van der Waals surface area contributed by atoms with Gasteiger partial charge in [0.1, 0.15) is 11.4 Å². The van der Waals surface area contributed by atoms with Crippen LogP contribution in [0.3, 0.4) is 0 Å². The van der Waals surface area contributed by atoms with Crippen LogP contribution in [0.15, 0.2) is 18.3 Å². The van der Waals surface area contributed by atoms with Crippen molar-refractivity contribution < 1.29 is 9.53 Å². The number of carbonyl (C=O) groups excluding carboxylic acids is 1. The molecule has 80 valence electrons. The van der Waals surface area contributed by atoms with Crippen molar-refractivity contribution in [1.29, 1.82) is 0 Å². The van der Waals surface area contributed by atoms with Gasteiger partial charge in [-0.15, -0.1) is 0 Å². The van der Waals surface area contributed by atoms with Crippen molar-refractivity contribution in [2.24, 2.45) is 0 Å². The second-order valence-electron chi connectivity index (χ2n) is 3.39. The molecule has 1 saturated heterocycles. The quantitative estimate of drug-likeness (QED) is 0.696. The predicted octanol–water partition coefficient (Wildman–Crippen LogP) is 0.252. The Hall–Kier alpha value is -1.62. The normalized spacial score (nSPS) is 15.5. The first-order valence-electron chi connectivity index (χ1n) is 4.82. The third kappa shape index (κ3) is 2.07. The Morgan fingerprint density at radius 2 is 2.47 bits per heavy atom. The van der Waals surface area contributed by atoms with Gasteiger partial charge in [0.05, 0.1) is 13.2 Å². The highest BCUT2D eigenvalue weighted by Crippen LogP contribution is 2.14. The molecular weight excluding hydrogens is 194 g/mol. The molecule has 1 aliphatic rings. The average molecular weight is 207 g/mol. The maximum atomic E-state index is 11.4. The molecular formula is C10H13N3O2. The Labute approximate surface area is 87.8 Å². The van der Waals surface area contributed by atoms with Crippen molar-refractivity contribution in [2.45, 2.75) is 6.04 Å². The van der Waals surface area contributed by atoms with Gasteiger partial charge in [0.25, 0.3) is 0 Å². The minimum absolute atomic E-state index is 0.350. The molecule has 0 saturated carbocycles. The lowest BCUT2D eigenvalue weighted by atomic mass is 10.1. The number of rotatable bonds is 3. The summed E-state index contributed by atoms with van der Waals surface area (Å²) in [6.07, 6.45) is 1.65. The van der Waals surface area contributed by atoms with Crippen molar-refractivity contribution in [1.82, 2.24) is 10.3 Å². The molecule has 15 heavy (non-hydrogen) atoms. The minimum Gasteiger partial charge on any atom is -0.465 e. The number of methoxy groups -OCH3 is 1. The number of anilines is 1. The highest BCUT2D eigenvalue weighted by atomic mass is 16.5. The van der Waals surface area contributed by atoms with Crippen LogP contribution in [-0.2, 0) is 4.74 Å². The number of aromatic nitrogens is 1. The van der Waals surface area contributed by atoms with Crippen molar-refractivity contribution >= 4 is 11.8 Å². The number of hydrogen-bond acceptors (Lipinski definition) is 5. The first-order valence-corrected chi connectivity index (χ1v) is 4.82. The Kier molecular flexibility index (Phi) is 2.82. The molecule has 5 heteroatoms. The van der Waals surface area contributed by atoms with Crippen molar-refractivity contribution in [3.8, 4) is 0 Å². The van der Waals surface area contributed by atoms with Crippen LogP contribution in [0, 0.1) is 0 Å². The summed E-state index contributed by atoms with van der Waals surface area (Å²) in [6, 6.07) is 3.77. The van der Waals surface area contributed by atoms with E-state index >= 15 is 0 Å². The zero-order valence-electron chi connectivity index (χ0n) is 8.49. The maximum absolute atomic E-state index is 11.4. The van der Waals surface area contributed by atoms with Gasteiger partial charge in [0.15, 0.2) is 0 Å². The van der Waals surface area contributed by atoms with Gasteiger partial charge in [-0.05, 0) is 12.1 Å². The van der Waals surface area contributed by atoms with E-state index in [-0.39, 0.29) is 5.97 Å². The third-order valence-corrected chi connectivity index (χ3v) is 2.34. The van der Waals surface area contributed by atoms with Crippen LogP contribution in [0.5, 0.6) is 0 Å². The van der Waals surface area contributed by atoms with E-state index in [0.717, 1.165) is 13.1 Å². The van der Waals surface area contributed by atoms with Gasteiger partial charge in [-0.25, -0.2) is 9.78 Å². The summed E-state index contributed by atoms with van der Waals surface area (Å²) in [4.78, 5) is 15.5. The smallest absolute Gasteiger partial charge is 0.341 e. The fraction of sp³-hybridized carbons (Fsp3) is 0.400. The summed E-state index contributed by atoms with van der Waals surface area (Å²) >= 11 is 0. The van der Waals surface area contributed by atoms with Gasteiger partial charge in [-0.2, -0.15) is 0 Å². The molecule has 1 aromatic rings. The first-order chi connectivity index (χ1) is 7.31. The van der Waals surface area contributed by atoms with Crippen LogP contribution in [0.4, 0.5) is 5.82 Å². The van der Waals surface area contributed by atoms with Crippen LogP contribution in [0.1, 0.15) is 10.4 Å². The van der Waals surface area contributed by atoms with E-state index in [0.29, 0.717) is 17.4 Å². The summed E-state index contributed by atoms with van der Waals surface area (Å²) in [6.45, 7) is 1.80. The zero-order valence-corrected chi connectivity index (χ0v) is 8.49. The summed E-state index contributed by atoms with van der Waals surface area (Å²) in [5.41, 5.74) is 0.479. The molecule has 0 aliphatic carbocycles. The van der Waals surface area contributed by atoms with Crippen LogP contribution < -0.4 is 10.6 Å². The molecule has 1 fully saturated rings. The molecule has 0 amide bonds. The second kappa shape index (κ2) is 4.27. The Bertz CT molecular complexity index is 363. The van der Waals surface area contributed by atoms with E-state index in [9.17, 15) is 4.79 Å². The fourth-order valence-corrected chi connectivity index (χ4v) is 1.38. The Balaban J connectivity index is 2.16. The lowest BCUT2D eigenvalue weighted by Gasteiger charge is -2.28. The number of pyridine rings is 1. The Morgan fingerprint density at radius 1 is 1.67 bits per heavy atom. The lowest BCUT2D eigenvalue weighted by molar-refractivity contribution is 0.0601. The van der Waals surface area contributed by atoms with E-state index in [1.165, 1.54) is 7.11 Å². The topological polar surface area (TPSA) is 63.2 Å². The number of ether oxygens (including phenoxy) is 1. The largest absolute Gasteiger partial charge is 0.465 e. The van der Waals surface area contributed by atoms with Gasteiger partial charge in [-0.1, -0.05) is 0 Å². The number of nitrogens with zero attached hydrogens (tertiary/aromatic N) is 1. The van der Waals surface area contributed by atoms with E-state index in [2.05, 4.69) is 20.4 Å². The van der Waals surface area contributed by atoms with Crippen LogP contribution in [-0.4, -0.2) is 37.2 Å². The standard InChI is InChI=1S/C10H13N3O2/c1-15-10(14)8-3-2-4-12-9(8)13-7-5-11-6-7/h2-4,7,11H,5-6H2,1H3,(H,12,13). The van der Waals surface area contributed by atoms with Gasteiger partial charge in [0, 0.05) is 19.3 Å². The van der Waals surface area contributed by atoms with Crippen molar-refractivity contribution in [3.05, 3.63) is 23.9 Å². The van der Waals surface area contributed by atoms with Crippen LogP contribution >= 0.6 is 0 Å². The van der Waals surface area contributed by atoms with E-state index < -0.39 is 0 Å². The molecule has 0 bridgehead atoms. The highest BCUT2D eigenvalue weighted by Gasteiger charge is 2.20. The molecule has 1 aromatic heterocycles. The van der Waals surface area contributed by atoms with Crippen LogP contribution in [0.25, 0.3) is 0 Å². The monoisotopic (exact) mass is 207 g/mol. The minimum atomic E-state index is -0.363. The van der Waals surface area contributed by atoms with Gasteiger partial charge >= 0.3 is 5.97 Å². The summed E-state index contributed by atoms with van der Waals surface area (Å²) in [5.74, 6) is 0.230. The van der Waals surface area contributed by atoms with E-state index in [1.807, 2.05) is 0 Å². The summed E-state index contributed by atoms with van der Waals surface area (Å²) in [5, 5.41) is 6.33. The summed E-state index contributed by atoms with van der Waals surface area (Å²) < 4.78 is 4.68. The zero-order chi connectivity index (χ0) is 10.7. The van der Waals surface area contributed by atoms with Gasteiger partial charge < -0.3 is 15.4 Å². The number of esters is 1. The molecule has 1 aliphatic heterocycles. The molecule has 2 rings (SSSR count). The molecule has 2 N–H and O–H groups in total. The number of carbonyl (C=O) groups is 1. The number of nitrogens with one attached hydrogen (secondary N) is 2. The van der Waals surface area contributed by atoms with Crippen molar-refractivity contribution in [2.75, 3.05) is 25.5 Å². The summed E-state index contributed by atoms with van der Waals surface area (Å²) in [7, 11) is 1.37. The average Bonchev–Trinajstić information content (AvgIpc) is 2.23. The van der Waals surface area contributed by atoms with E-state index in [1.54, 1.807) is 18.3 Å². The number of hydrogen-bond donors (Lipinski definition) is 2. The van der Waals surface area contributed by atoms with Crippen LogP contribution in [0.2, 0.25) is 0 Å². The molecule has 0 unspecified atom stereocenters. The molecule has 0 atom stereocenters. The third-order valence-electron chi connectivity index (χ3n) is 2.34. The lowest BCUT2D eigenvalue weighted by Crippen LogP contribution is -2.51. The second-order valence-corrected chi connectivity index (χ2v) is 3.39. The fourth-order valence-electron chi connectivity index (χ4n) is 1.38. The van der Waals surface area contributed by atoms with Gasteiger partial charge in [-0.3, -0.25) is 0 Å². The predicted molar refractivity (Wildman–Crippen MR) is 55.9 cm³/mol. The van der Waals surface area contributed by atoms with E-state index in [4.69, 9.17) is 0 Å². The molecule has 0 aromatic carbocycles. The van der Waals surface area contributed by atoms with Crippen molar-refractivity contribution in [3.63, 3.8) is 0 Å². The maximum Gasteiger partial charge on any atom is 0.341 e. The molecule has 2 heterocycles. The molecule has 5 nitrogen and oxygen atoms in total. The Morgan fingerprint density at radius 3 is 3.07 bits per heavy atom. The SMILES string of the molecule is COC(=O)c1cccnc1NC1CNC1. The van der Waals surface area contributed by atoms with Gasteiger partial charge in [0.2, 0.25) is 0 Å².